The van der Waals surface area contributed by atoms with Crippen LogP contribution in [0.25, 0.3) is 11.4 Å². The number of benzene rings is 1. The third-order valence-electron chi connectivity index (χ3n) is 4.89. The second kappa shape index (κ2) is 8.45. The predicted octanol–water partition coefficient (Wildman–Crippen LogP) is 2.20. The Hall–Kier alpha value is -2.84. The average molecular weight is 379 g/mol. The van der Waals surface area contributed by atoms with E-state index in [1.165, 1.54) is 5.56 Å². The molecule has 0 aliphatic carbocycles. The van der Waals surface area contributed by atoms with Crippen LogP contribution in [-0.4, -0.2) is 45.0 Å². The molecular weight excluding hydrogens is 354 g/mol. The number of fused-ring (bicyclic) bond motifs is 1. The number of hydrogen-bond donors (Lipinski definition) is 2. The zero-order valence-corrected chi connectivity index (χ0v) is 16.2. The number of nitrogens with one attached hydrogen (secondary N) is 2. The molecule has 1 aliphatic heterocycles. The van der Waals surface area contributed by atoms with Gasteiger partial charge >= 0.3 is 0 Å². The van der Waals surface area contributed by atoms with Gasteiger partial charge < -0.3 is 19.9 Å². The molecule has 0 saturated carbocycles. The molecule has 0 spiro atoms. The molecule has 3 heterocycles. The summed E-state index contributed by atoms with van der Waals surface area (Å²) in [4.78, 5) is 9.67. The first kappa shape index (κ1) is 18.5. The molecule has 0 unspecified atom stereocenters. The number of nitrogens with zero attached hydrogens (tertiary/aromatic N) is 5. The average Bonchev–Trinajstić information content (AvgIpc) is 3.21. The molecule has 0 fully saturated rings. The summed E-state index contributed by atoms with van der Waals surface area (Å²) in [6.45, 7) is 5.08. The van der Waals surface area contributed by atoms with E-state index in [2.05, 4.69) is 27.8 Å². The van der Waals surface area contributed by atoms with Gasteiger partial charge in [0.2, 0.25) is 0 Å². The van der Waals surface area contributed by atoms with E-state index in [1.807, 2.05) is 34.9 Å². The van der Waals surface area contributed by atoms with E-state index >= 15 is 0 Å². The fraction of sp³-hybridized carbons (Fsp3) is 0.400. The van der Waals surface area contributed by atoms with Crippen molar-refractivity contribution in [2.24, 2.45) is 0 Å². The summed E-state index contributed by atoms with van der Waals surface area (Å²) in [5, 5.41) is 15.3. The minimum absolute atomic E-state index is 0.0446. The second-order valence-electron chi connectivity index (χ2n) is 6.86. The summed E-state index contributed by atoms with van der Waals surface area (Å²) in [7, 11) is 1.69. The van der Waals surface area contributed by atoms with E-state index in [1.54, 1.807) is 13.4 Å². The van der Waals surface area contributed by atoms with Crippen molar-refractivity contribution < 1.29 is 4.74 Å². The number of methoxy groups -OCH3 is 1. The van der Waals surface area contributed by atoms with Crippen molar-refractivity contribution in [3.63, 3.8) is 0 Å². The Balaban J connectivity index is 1.66. The molecule has 0 bridgehead atoms. The Morgan fingerprint density at radius 1 is 1.25 bits per heavy atom. The first-order valence-corrected chi connectivity index (χ1v) is 9.55. The van der Waals surface area contributed by atoms with Crippen molar-refractivity contribution in [3.05, 3.63) is 53.7 Å². The van der Waals surface area contributed by atoms with Crippen LogP contribution in [0.2, 0.25) is 0 Å². The highest BCUT2D eigenvalue weighted by molar-refractivity contribution is 5.60. The third kappa shape index (κ3) is 3.88. The molecule has 4 rings (SSSR count). The summed E-state index contributed by atoms with van der Waals surface area (Å²) in [5.41, 5.74) is 3.23. The van der Waals surface area contributed by atoms with E-state index < -0.39 is 0 Å². The molecule has 2 aromatic heterocycles. The van der Waals surface area contributed by atoms with Gasteiger partial charge in [-0.1, -0.05) is 30.3 Å². The standard InChI is InChI=1S/C20H25N7O/c1-14(20-26-22-13-27(20)10-11-28-2)23-19-16-8-9-21-12-17(16)24-18(25-19)15-6-4-3-5-7-15/h3-7,13-14,21H,8-12H2,1-2H3,(H,23,24,25)/t14-/m1/s1. The lowest BCUT2D eigenvalue weighted by Crippen LogP contribution is -2.27. The SMILES string of the molecule is COCCn1cnnc1[C@@H](C)Nc1nc(-c2ccccc2)nc2c1CCNC2. The van der Waals surface area contributed by atoms with Crippen molar-refractivity contribution in [1.82, 2.24) is 30.0 Å². The Labute approximate surface area is 164 Å². The number of anilines is 1. The number of aromatic nitrogens is 5. The molecule has 0 radical (unpaired) electrons. The van der Waals surface area contributed by atoms with Gasteiger partial charge in [-0.15, -0.1) is 10.2 Å². The van der Waals surface area contributed by atoms with Crippen LogP contribution in [0.1, 0.15) is 30.0 Å². The molecule has 0 saturated heterocycles. The normalized spacial score (nSPS) is 14.5. The molecule has 146 valence electrons. The Morgan fingerprint density at radius 3 is 2.93 bits per heavy atom. The van der Waals surface area contributed by atoms with Gasteiger partial charge in [0.15, 0.2) is 11.6 Å². The minimum Gasteiger partial charge on any atom is -0.383 e. The molecule has 1 aliphatic rings. The summed E-state index contributed by atoms with van der Waals surface area (Å²) in [6.07, 6.45) is 2.64. The molecule has 8 heteroatoms. The molecule has 8 nitrogen and oxygen atoms in total. The van der Waals surface area contributed by atoms with Crippen molar-refractivity contribution >= 4 is 5.82 Å². The Kier molecular flexibility index (Phi) is 5.59. The van der Waals surface area contributed by atoms with Crippen molar-refractivity contribution in [1.29, 1.82) is 0 Å². The number of rotatable bonds is 7. The van der Waals surface area contributed by atoms with Gasteiger partial charge in [-0.3, -0.25) is 0 Å². The van der Waals surface area contributed by atoms with Crippen LogP contribution in [0.15, 0.2) is 36.7 Å². The van der Waals surface area contributed by atoms with Gasteiger partial charge in [0, 0.05) is 31.3 Å². The first-order chi connectivity index (χ1) is 13.8. The topological polar surface area (TPSA) is 89.8 Å². The van der Waals surface area contributed by atoms with Crippen LogP contribution in [-0.2, 0) is 24.2 Å². The minimum atomic E-state index is -0.0446. The van der Waals surface area contributed by atoms with E-state index in [0.29, 0.717) is 13.2 Å². The second-order valence-corrected chi connectivity index (χ2v) is 6.86. The lowest BCUT2D eigenvalue weighted by molar-refractivity contribution is 0.186. The fourth-order valence-electron chi connectivity index (χ4n) is 3.43. The smallest absolute Gasteiger partial charge is 0.161 e. The maximum Gasteiger partial charge on any atom is 0.161 e. The van der Waals surface area contributed by atoms with Crippen LogP contribution < -0.4 is 10.6 Å². The highest BCUT2D eigenvalue weighted by atomic mass is 16.5. The van der Waals surface area contributed by atoms with Crippen LogP contribution in [0.3, 0.4) is 0 Å². The molecule has 1 aromatic carbocycles. The molecule has 2 N–H and O–H groups in total. The van der Waals surface area contributed by atoms with Gasteiger partial charge in [-0.05, 0) is 19.9 Å². The quantitative estimate of drug-likeness (QED) is 0.650. The summed E-state index contributed by atoms with van der Waals surface area (Å²) < 4.78 is 7.19. The van der Waals surface area contributed by atoms with Crippen molar-refractivity contribution in [2.75, 3.05) is 25.6 Å². The third-order valence-corrected chi connectivity index (χ3v) is 4.89. The zero-order chi connectivity index (χ0) is 19.3. The fourth-order valence-corrected chi connectivity index (χ4v) is 3.43. The maximum atomic E-state index is 5.18. The van der Waals surface area contributed by atoms with Crippen molar-refractivity contribution in [3.8, 4) is 11.4 Å². The van der Waals surface area contributed by atoms with E-state index in [-0.39, 0.29) is 6.04 Å². The summed E-state index contributed by atoms with van der Waals surface area (Å²) in [6, 6.07) is 10.0. The van der Waals surface area contributed by atoms with E-state index in [0.717, 1.165) is 48.2 Å². The predicted molar refractivity (Wildman–Crippen MR) is 107 cm³/mol. The number of hydrogen-bond acceptors (Lipinski definition) is 7. The highest BCUT2D eigenvalue weighted by Gasteiger charge is 2.21. The van der Waals surface area contributed by atoms with Gasteiger partial charge in [0.1, 0.15) is 12.1 Å². The lowest BCUT2D eigenvalue weighted by Gasteiger charge is -2.23. The first-order valence-electron chi connectivity index (χ1n) is 9.55. The van der Waals surface area contributed by atoms with Crippen molar-refractivity contribution in [2.45, 2.75) is 32.5 Å². The molecule has 0 amide bonds. The van der Waals surface area contributed by atoms with E-state index in [4.69, 9.17) is 14.7 Å². The van der Waals surface area contributed by atoms with Gasteiger partial charge in [-0.25, -0.2) is 9.97 Å². The van der Waals surface area contributed by atoms with Gasteiger partial charge in [0.25, 0.3) is 0 Å². The molecule has 1 atom stereocenters. The lowest BCUT2D eigenvalue weighted by atomic mass is 10.1. The highest BCUT2D eigenvalue weighted by Crippen LogP contribution is 2.27. The summed E-state index contributed by atoms with van der Waals surface area (Å²) in [5.74, 6) is 2.47. The summed E-state index contributed by atoms with van der Waals surface area (Å²) >= 11 is 0. The molecular formula is C20H25N7O. The monoisotopic (exact) mass is 379 g/mol. The van der Waals surface area contributed by atoms with E-state index in [9.17, 15) is 0 Å². The van der Waals surface area contributed by atoms with Crippen LogP contribution in [0.4, 0.5) is 5.82 Å². The number of ether oxygens (including phenoxy) is 1. The van der Waals surface area contributed by atoms with Crippen LogP contribution >= 0.6 is 0 Å². The Bertz CT molecular complexity index is 926. The van der Waals surface area contributed by atoms with Crippen LogP contribution in [0.5, 0.6) is 0 Å². The molecule has 28 heavy (non-hydrogen) atoms. The van der Waals surface area contributed by atoms with Gasteiger partial charge in [-0.2, -0.15) is 0 Å². The van der Waals surface area contributed by atoms with Crippen LogP contribution in [0, 0.1) is 0 Å². The largest absolute Gasteiger partial charge is 0.383 e. The Morgan fingerprint density at radius 2 is 2.11 bits per heavy atom. The zero-order valence-electron chi connectivity index (χ0n) is 16.2. The molecule has 3 aromatic rings. The van der Waals surface area contributed by atoms with Gasteiger partial charge in [0.05, 0.1) is 18.3 Å². The maximum absolute atomic E-state index is 5.18.